The molecule has 0 aliphatic heterocycles. The predicted octanol–water partition coefficient (Wildman–Crippen LogP) is 5.25. The molecular weight excluding hydrogens is 406 g/mol. The first-order valence-electron chi connectivity index (χ1n) is 9.37. The van der Waals surface area contributed by atoms with Gasteiger partial charge in [-0.15, -0.1) is 0 Å². The van der Waals surface area contributed by atoms with Crippen molar-refractivity contribution in [1.82, 2.24) is 5.32 Å². The molecule has 5 heteroatoms. The Hall–Kier alpha value is -1.56. The van der Waals surface area contributed by atoms with Crippen molar-refractivity contribution in [2.24, 2.45) is 0 Å². The Bertz CT molecular complexity index is 701. The van der Waals surface area contributed by atoms with Gasteiger partial charge in [-0.3, -0.25) is 0 Å². The van der Waals surface area contributed by atoms with Crippen LogP contribution >= 0.6 is 15.9 Å². The molecule has 148 valence electrons. The summed E-state index contributed by atoms with van der Waals surface area (Å²) in [6, 6.07) is 12.3. The number of hydrogen-bond acceptors (Lipinski definition) is 4. The van der Waals surface area contributed by atoms with Crippen molar-refractivity contribution in [3.8, 4) is 11.5 Å². The molecule has 0 unspecified atom stereocenters. The third-order valence-electron chi connectivity index (χ3n) is 4.14. The Kier molecular flexibility index (Phi) is 9.11. The number of hydrogen-bond donors (Lipinski definition) is 1. The summed E-state index contributed by atoms with van der Waals surface area (Å²) in [6.07, 6.45) is 1.25. The normalized spacial score (nSPS) is 11.0. The van der Waals surface area contributed by atoms with Gasteiger partial charge >= 0.3 is 0 Å². The van der Waals surface area contributed by atoms with Gasteiger partial charge in [-0.05, 0) is 51.4 Å². The van der Waals surface area contributed by atoms with Crippen molar-refractivity contribution >= 4 is 15.9 Å². The highest BCUT2D eigenvalue weighted by Gasteiger charge is 2.14. The van der Waals surface area contributed by atoms with E-state index in [0.717, 1.165) is 46.7 Å². The molecule has 1 N–H and O–H groups in total. The number of ether oxygens (including phenoxy) is 3. The van der Waals surface area contributed by atoms with Gasteiger partial charge in [0.1, 0.15) is 6.61 Å². The summed E-state index contributed by atoms with van der Waals surface area (Å²) < 4.78 is 18.3. The summed E-state index contributed by atoms with van der Waals surface area (Å²) in [5.41, 5.74) is 3.43. The molecule has 0 amide bonds. The average molecular weight is 436 g/mol. The standard InChI is InChI=1S/C22H30BrNO3/c1-16(2)26-13-5-12-24-14-19-20(23)10-11-21(25-4)22(19)27-15-18-8-6-17(3)7-9-18/h6-11,16,24H,5,12-15H2,1-4H3. The lowest BCUT2D eigenvalue weighted by atomic mass is 10.1. The van der Waals surface area contributed by atoms with Crippen LogP contribution in [-0.4, -0.2) is 26.4 Å². The van der Waals surface area contributed by atoms with Crippen LogP contribution in [0, 0.1) is 6.92 Å². The molecule has 27 heavy (non-hydrogen) atoms. The summed E-state index contributed by atoms with van der Waals surface area (Å²) in [4.78, 5) is 0. The molecule has 2 rings (SSSR count). The molecule has 4 nitrogen and oxygen atoms in total. The third kappa shape index (κ3) is 7.17. The molecular formula is C22H30BrNO3. The summed E-state index contributed by atoms with van der Waals surface area (Å²) in [6.45, 7) is 9.04. The molecule has 0 bridgehead atoms. The van der Waals surface area contributed by atoms with Crippen LogP contribution in [0.25, 0.3) is 0 Å². The minimum absolute atomic E-state index is 0.277. The summed E-state index contributed by atoms with van der Waals surface area (Å²) in [7, 11) is 1.67. The maximum Gasteiger partial charge on any atom is 0.167 e. The average Bonchev–Trinajstić information content (AvgIpc) is 2.65. The summed E-state index contributed by atoms with van der Waals surface area (Å²) in [5, 5.41) is 3.47. The molecule has 0 heterocycles. The van der Waals surface area contributed by atoms with E-state index >= 15 is 0 Å². The highest BCUT2D eigenvalue weighted by atomic mass is 79.9. The molecule has 0 fully saturated rings. The zero-order chi connectivity index (χ0) is 19.6. The molecule has 2 aromatic rings. The van der Waals surface area contributed by atoms with E-state index in [1.807, 2.05) is 12.1 Å². The topological polar surface area (TPSA) is 39.7 Å². The molecule has 2 aromatic carbocycles. The SMILES string of the molecule is COc1ccc(Br)c(CNCCCOC(C)C)c1OCc1ccc(C)cc1. The highest BCUT2D eigenvalue weighted by molar-refractivity contribution is 9.10. The monoisotopic (exact) mass is 435 g/mol. The smallest absolute Gasteiger partial charge is 0.167 e. The van der Waals surface area contributed by atoms with Crippen molar-refractivity contribution in [2.75, 3.05) is 20.3 Å². The second-order valence-electron chi connectivity index (χ2n) is 6.78. The van der Waals surface area contributed by atoms with Crippen LogP contribution < -0.4 is 14.8 Å². The lowest BCUT2D eigenvalue weighted by Gasteiger charge is -2.17. The van der Waals surface area contributed by atoms with E-state index in [1.165, 1.54) is 5.56 Å². The second kappa shape index (κ2) is 11.3. The van der Waals surface area contributed by atoms with Gasteiger partial charge in [0.15, 0.2) is 11.5 Å². The second-order valence-corrected chi connectivity index (χ2v) is 7.64. The van der Waals surface area contributed by atoms with Gasteiger partial charge in [0.05, 0.1) is 13.2 Å². The molecule has 0 saturated heterocycles. The quantitative estimate of drug-likeness (QED) is 0.489. The Labute approximate surface area is 171 Å². The first kappa shape index (κ1) is 21.7. The Morgan fingerprint density at radius 3 is 2.48 bits per heavy atom. The highest BCUT2D eigenvalue weighted by Crippen LogP contribution is 2.36. The fourth-order valence-corrected chi connectivity index (χ4v) is 3.09. The number of rotatable bonds is 11. The van der Waals surface area contributed by atoms with Crippen molar-refractivity contribution in [1.29, 1.82) is 0 Å². The van der Waals surface area contributed by atoms with Crippen molar-refractivity contribution in [2.45, 2.75) is 46.4 Å². The fourth-order valence-electron chi connectivity index (χ4n) is 2.64. The number of nitrogens with one attached hydrogen (secondary N) is 1. The fraction of sp³-hybridized carbons (Fsp3) is 0.455. The molecule has 0 aromatic heterocycles. The van der Waals surface area contributed by atoms with E-state index in [9.17, 15) is 0 Å². The molecule has 0 aliphatic carbocycles. The van der Waals surface area contributed by atoms with Gasteiger partial charge in [-0.25, -0.2) is 0 Å². The maximum atomic E-state index is 6.16. The Morgan fingerprint density at radius 1 is 1.07 bits per heavy atom. The van der Waals surface area contributed by atoms with Gasteiger partial charge in [0, 0.05) is 23.2 Å². The molecule has 0 aliphatic rings. The largest absolute Gasteiger partial charge is 0.493 e. The molecule has 0 saturated carbocycles. The molecule has 0 atom stereocenters. The number of benzene rings is 2. The van der Waals surface area contributed by atoms with Crippen molar-refractivity contribution < 1.29 is 14.2 Å². The summed E-state index contributed by atoms with van der Waals surface area (Å²) in [5.74, 6) is 1.52. The van der Waals surface area contributed by atoms with Crippen LogP contribution in [0.5, 0.6) is 11.5 Å². The lowest BCUT2D eigenvalue weighted by Crippen LogP contribution is -2.18. The van der Waals surface area contributed by atoms with Crippen LogP contribution in [0.3, 0.4) is 0 Å². The zero-order valence-corrected chi connectivity index (χ0v) is 18.3. The van der Waals surface area contributed by atoms with E-state index in [0.29, 0.717) is 13.2 Å². The van der Waals surface area contributed by atoms with Crippen LogP contribution in [0.4, 0.5) is 0 Å². The Morgan fingerprint density at radius 2 is 1.81 bits per heavy atom. The first-order chi connectivity index (χ1) is 13.0. The van der Waals surface area contributed by atoms with Gasteiger partial charge in [-0.2, -0.15) is 0 Å². The van der Waals surface area contributed by atoms with Crippen LogP contribution in [0.1, 0.15) is 37.0 Å². The van der Waals surface area contributed by atoms with E-state index in [2.05, 4.69) is 66.3 Å². The minimum Gasteiger partial charge on any atom is -0.493 e. The Balaban J connectivity index is 2.01. The minimum atomic E-state index is 0.277. The number of aryl methyl sites for hydroxylation is 1. The van der Waals surface area contributed by atoms with Gasteiger partial charge < -0.3 is 19.5 Å². The van der Waals surface area contributed by atoms with Crippen molar-refractivity contribution in [3.05, 3.63) is 57.6 Å². The van der Waals surface area contributed by atoms with E-state index < -0.39 is 0 Å². The van der Waals surface area contributed by atoms with Crippen LogP contribution in [0.2, 0.25) is 0 Å². The van der Waals surface area contributed by atoms with Gasteiger partial charge in [-0.1, -0.05) is 45.8 Å². The van der Waals surface area contributed by atoms with Crippen LogP contribution in [-0.2, 0) is 17.9 Å². The van der Waals surface area contributed by atoms with Crippen molar-refractivity contribution in [3.63, 3.8) is 0 Å². The third-order valence-corrected chi connectivity index (χ3v) is 4.88. The van der Waals surface area contributed by atoms with E-state index in [4.69, 9.17) is 14.2 Å². The molecule has 0 spiro atoms. The van der Waals surface area contributed by atoms with E-state index in [-0.39, 0.29) is 6.10 Å². The van der Waals surface area contributed by atoms with E-state index in [1.54, 1.807) is 7.11 Å². The number of halogens is 1. The molecule has 0 radical (unpaired) electrons. The van der Waals surface area contributed by atoms with Gasteiger partial charge in [0.2, 0.25) is 0 Å². The van der Waals surface area contributed by atoms with Gasteiger partial charge in [0.25, 0.3) is 0 Å². The predicted molar refractivity (Wildman–Crippen MR) is 114 cm³/mol. The first-order valence-corrected chi connectivity index (χ1v) is 10.2. The maximum absolute atomic E-state index is 6.16. The lowest BCUT2D eigenvalue weighted by molar-refractivity contribution is 0.0770. The zero-order valence-electron chi connectivity index (χ0n) is 16.7. The van der Waals surface area contributed by atoms with Crippen LogP contribution in [0.15, 0.2) is 40.9 Å². The number of methoxy groups -OCH3 is 1. The summed E-state index contributed by atoms with van der Waals surface area (Å²) >= 11 is 3.65.